The Balaban J connectivity index is 2.14. The van der Waals surface area contributed by atoms with Gasteiger partial charge in [-0.25, -0.2) is 0 Å². The number of hydrogen-bond donors (Lipinski definition) is 1. The Morgan fingerprint density at radius 2 is 2.00 bits per heavy atom. The van der Waals surface area contributed by atoms with Gasteiger partial charge in [0.2, 0.25) is 5.91 Å². The van der Waals surface area contributed by atoms with Gasteiger partial charge in [0.1, 0.15) is 5.75 Å². The average Bonchev–Trinajstić information content (AvgIpc) is 2.37. The first kappa shape index (κ1) is 15.0. The molecule has 1 rings (SSSR count). The zero-order valence-corrected chi connectivity index (χ0v) is 12.4. The molecule has 0 aliphatic carbocycles. The van der Waals surface area contributed by atoms with Crippen molar-refractivity contribution in [2.24, 2.45) is 5.92 Å². The van der Waals surface area contributed by atoms with Gasteiger partial charge in [-0.15, -0.1) is 0 Å². The number of rotatable bonds is 7. The lowest BCUT2D eigenvalue weighted by Gasteiger charge is -2.14. The molecule has 0 saturated heterocycles. The van der Waals surface area contributed by atoms with Crippen molar-refractivity contribution in [3.63, 3.8) is 0 Å². The third-order valence-electron chi connectivity index (χ3n) is 2.56. The number of benzene rings is 1. The molecule has 1 amide bonds. The SMILES string of the molecule is CC(C)C(Br)CNC(=O)CCOc1ccccc1. The van der Waals surface area contributed by atoms with Crippen LogP contribution in [0.25, 0.3) is 0 Å². The Morgan fingerprint density at radius 3 is 2.61 bits per heavy atom. The predicted octanol–water partition coefficient (Wildman–Crippen LogP) is 2.99. The van der Waals surface area contributed by atoms with E-state index >= 15 is 0 Å². The highest BCUT2D eigenvalue weighted by Gasteiger charge is 2.10. The number of carbonyl (C=O) groups is 1. The largest absolute Gasteiger partial charge is 0.493 e. The van der Waals surface area contributed by atoms with Crippen LogP contribution in [0, 0.1) is 5.92 Å². The number of hydrogen-bond acceptors (Lipinski definition) is 2. The van der Waals surface area contributed by atoms with Gasteiger partial charge in [-0.1, -0.05) is 48.0 Å². The first-order valence-corrected chi connectivity index (χ1v) is 7.09. The molecule has 0 spiro atoms. The summed E-state index contributed by atoms with van der Waals surface area (Å²) in [5, 5.41) is 2.88. The van der Waals surface area contributed by atoms with Crippen LogP contribution in [-0.2, 0) is 4.79 Å². The van der Waals surface area contributed by atoms with Crippen molar-refractivity contribution >= 4 is 21.8 Å². The summed E-state index contributed by atoms with van der Waals surface area (Å²) >= 11 is 3.53. The molecule has 1 unspecified atom stereocenters. The zero-order chi connectivity index (χ0) is 13.4. The highest BCUT2D eigenvalue weighted by atomic mass is 79.9. The lowest BCUT2D eigenvalue weighted by atomic mass is 10.1. The minimum absolute atomic E-state index is 0.0241. The topological polar surface area (TPSA) is 38.3 Å². The maximum atomic E-state index is 11.5. The van der Waals surface area contributed by atoms with Gasteiger partial charge >= 0.3 is 0 Å². The van der Waals surface area contributed by atoms with Crippen LogP contribution in [0.1, 0.15) is 20.3 Å². The lowest BCUT2D eigenvalue weighted by Crippen LogP contribution is -2.32. The molecule has 18 heavy (non-hydrogen) atoms. The summed E-state index contributed by atoms with van der Waals surface area (Å²) in [5.74, 6) is 1.33. The monoisotopic (exact) mass is 313 g/mol. The third kappa shape index (κ3) is 6.05. The summed E-state index contributed by atoms with van der Waals surface area (Å²) in [4.78, 5) is 11.9. The molecule has 1 N–H and O–H groups in total. The van der Waals surface area contributed by atoms with Crippen molar-refractivity contribution in [1.82, 2.24) is 5.32 Å². The van der Waals surface area contributed by atoms with Crippen LogP contribution in [-0.4, -0.2) is 23.9 Å². The number of alkyl halides is 1. The normalized spacial score (nSPS) is 12.2. The van der Waals surface area contributed by atoms with E-state index in [1.807, 2.05) is 30.3 Å². The van der Waals surface area contributed by atoms with E-state index in [9.17, 15) is 4.79 Å². The van der Waals surface area contributed by atoms with Gasteiger partial charge in [0, 0.05) is 11.4 Å². The molecule has 4 heteroatoms. The molecule has 0 aliphatic rings. The van der Waals surface area contributed by atoms with Gasteiger partial charge < -0.3 is 10.1 Å². The molecule has 0 saturated carbocycles. The van der Waals surface area contributed by atoms with Crippen molar-refractivity contribution in [3.05, 3.63) is 30.3 Å². The van der Waals surface area contributed by atoms with Gasteiger partial charge in [0.05, 0.1) is 13.0 Å². The van der Waals surface area contributed by atoms with Crippen LogP contribution in [0.2, 0.25) is 0 Å². The van der Waals surface area contributed by atoms with E-state index in [-0.39, 0.29) is 5.91 Å². The summed E-state index contributed by atoms with van der Waals surface area (Å²) in [5.41, 5.74) is 0. The van der Waals surface area contributed by atoms with E-state index < -0.39 is 0 Å². The van der Waals surface area contributed by atoms with E-state index in [2.05, 4.69) is 35.1 Å². The zero-order valence-electron chi connectivity index (χ0n) is 10.9. The Morgan fingerprint density at radius 1 is 1.33 bits per heavy atom. The minimum Gasteiger partial charge on any atom is -0.493 e. The molecule has 0 aromatic heterocycles. The van der Waals surface area contributed by atoms with Crippen LogP contribution in [0.4, 0.5) is 0 Å². The Bertz CT molecular complexity index is 354. The summed E-state index contributed by atoms with van der Waals surface area (Å²) < 4.78 is 5.46. The highest BCUT2D eigenvalue weighted by molar-refractivity contribution is 9.09. The summed E-state index contributed by atoms with van der Waals surface area (Å²) in [6.07, 6.45) is 0.382. The molecule has 0 aliphatic heterocycles. The first-order valence-electron chi connectivity index (χ1n) is 6.18. The van der Waals surface area contributed by atoms with Gasteiger partial charge in [-0.05, 0) is 18.1 Å². The number of amides is 1. The number of carbonyl (C=O) groups excluding carboxylic acids is 1. The Hall–Kier alpha value is -1.03. The van der Waals surface area contributed by atoms with Crippen LogP contribution in [0.3, 0.4) is 0 Å². The van der Waals surface area contributed by atoms with Crippen molar-refractivity contribution < 1.29 is 9.53 Å². The van der Waals surface area contributed by atoms with Crippen molar-refractivity contribution in [1.29, 1.82) is 0 Å². The fraction of sp³-hybridized carbons (Fsp3) is 0.500. The molecule has 100 valence electrons. The van der Waals surface area contributed by atoms with Crippen LogP contribution >= 0.6 is 15.9 Å². The molecule has 1 aromatic rings. The number of halogens is 1. The maximum Gasteiger partial charge on any atom is 0.223 e. The third-order valence-corrected chi connectivity index (χ3v) is 3.94. The fourth-order valence-corrected chi connectivity index (χ4v) is 1.48. The van der Waals surface area contributed by atoms with E-state index in [0.29, 0.717) is 30.3 Å². The second-order valence-corrected chi connectivity index (χ2v) is 5.65. The van der Waals surface area contributed by atoms with Crippen LogP contribution < -0.4 is 10.1 Å². The smallest absolute Gasteiger partial charge is 0.223 e. The molecule has 0 fully saturated rings. The highest BCUT2D eigenvalue weighted by Crippen LogP contribution is 2.10. The molecule has 3 nitrogen and oxygen atoms in total. The molecule has 0 bridgehead atoms. The second kappa shape index (κ2) is 8.14. The van der Waals surface area contributed by atoms with E-state index in [4.69, 9.17) is 4.74 Å². The first-order chi connectivity index (χ1) is 8.59. The number of nitrogens with one attached hydrogen (secondary N) is 1. The maximum absolute atomic E-state index is 11.5. The molecular weight excluding hydrogens is 294 g/mol. The van der Waals surface area contributed by atoms with Crippen LogP contribution in [0.5, 0.6) is 5.75 Å². The number of ether oxygens (including phenoxy) is 1. The van der Waals surface area contributed by atoms with Crippen LogP contribution in [0.15, 0.2) is 30.3 Å². The van der Waals surface area contributed by atoms with E-state index in [1.165, 1.54) is 0 Å². The van der Waals surface area contributed by atoms with Crippen molar-refractivity contribution in [3.8, 4) is 5.75 Å². The molecule has 0 radical (unpaired) electrons. The summed E-state index contributed by atoms with van der Waals surface area (Å²) in [6.45, 7) is 5.29. The minimum atomic E-state index is 0.0241. The van der Waals surface area contributed by atoms with Crippen molar-refractivity contribution in [2.75, 3.05) is 13.2 Å². The molecule has 1 atom stereocenters. The van der Waals surface area contributed by atoms with Gasteiger partial charge in [-0.2, -0.15) is 0 Å². The fourth-order valence-electron chi connectivity index (χ4n) is 1.31. The number of para-hydroxylation sites is 1. The van der Waals surface area contributed by atoms with Gasteiger partial charge in [-0.3, -0.25) is 4.79 Å². The quantitative estimate of drug-likeness (QED) is 0.786. The second-order valence-electron chi connectivity index (χ2n) is 4.48. The van der Waals surface area contributed by atoms with Crippen molar-refractivity contribution in [2.45, 2.75) is 25.1 Å². The van der Waals surface area contributed by atoms with E-state index in [0.717, 1.165) is 5.75 Å². The molecule has 1 aromatic carbocycles. The lowest BCUT2D eigenvalue weighted by molar-refractivity contribution is -0.121. The predicted molar refractivity (Wildman–Crippen MR) is 77.1 cm³/mol. The van der Waals surface area contributed by atoms with Gasteiger partial charge in [0.15, 0.2) is 0 Å². The van der Waals surface area contributed by atoms with Gasteiger partial charge in [0.25, 0.3) is 0 Å². The summed E-state index contributed by atoms with van der Waals surface area (Å²) in [6, 6.07) is 9.51. The molecular formula is C14H20BrNO2. The average molecular weight is 314 g/mol. The standard InChI is InChI=1S/C14H20BrNO2/c1-11(2)13(15)10-16-14(17)8-9-18-12-6-4-3-5-7-12/h3-7,11,13H,8-10H2,1-2H3,(H,16,17). The molecule has 0 heterocycles. The Labute approximate surface area is 117 Å². The van der Waals surface area contributed by atoms with E-state index in [1.54, 1.807) is 0 Å². The summed E-state index contributed by atoms with van der Waals surface area (Å²) in [7, 11) is 0. The Kier molecular flexibility index (Phi) is 6.80.